The Morgan fingerprint density at radius 3 is 2.65 bits per heavy atom. The van der Waals surface area contributed by atoms with Gasteiger partial charge in [0.1, 0.15) is 18.2 Å². The Morgan fingerprint density at radius 1 is 1.23 bits per heavy atom. The van der Waals surface area contributed by atoms with E-state index in [9.17, 15) is 14.7 Å². The largest absolute Gasteiger partial charge is 0.493 e. The lowest BCUT2D eigenvalue weighted by Gasteiger charge is -2.22. The monoisotopic (exact) mass is 432 g/mol. The molecule has 0 aromatic heterocycles. The Balaban J connectivity index is 1.89. The number of nitrogens with one attached hydrogen (secondary N) is 1. The topological polar surface area (TPSA) is 88.1 Å². The Labute approximate surface area is 185 Å². The number of carbonyl (C=O) groups is 2. The van der Waals surface area contributed by atoms with Gasteiger partial charge >= 0.3 is 6.03 Å². The van der Waals surface area contributed by atoms with Crippen LogP contribution >= 0.6 is 0 Å². The first kappa shape index (κ1) is 24.7. The highest BCUT2D eigenvalue weighted by Crippen LogP contribution is 2.29. The third-order valence-electron chi connectivity index (χ3n) is 5.56. The van der Waals surface area contributed by atoms with Crippen LogP contribution in [0, 0.1) is 0 Å². The van der Waals surface area contributed by atoms with Gasteiger partial charge in [0.15, 0.2) is 11.5 Å². The van der Waals surface area contributed by atoms with Crippen molar-refractivity contribution < 1.29 is 24.2 Å². The van der Waals surface area contributed by atoms with Crippen molar-refractivity contribution in [2.75, 3.05) is 20.3 Å². The first-order valence-electron chi connectivity index (χ1n) is 11.1. The Bertz CT molecular complexity index is 766. The van der Waals surface area contributed by atoms with E-state index in [1.807, 2.05) is 12.1 Å². The lowest BCUT2D eigenvalue weighted by atomic mass is 9.94. The average Bonchev–Trinajstić information content (AvgIpc) is 2.96. The van der Waals surface area contributed by atoms with Crippen molar-refractivity contribution in [1.29, 1.82) is 0 Å². The van der Waals surface area contributed by atoms with Crippen molar-refractivity contribution in [3.63, 3.8) is 0 Å². The molecular formula is C24H36N2O5. The number of rotatable bonds is 14. The van der Waals surface area contributed by atoms with Crippen molar-refractivity contribution in [2.45, 2.75) is 70.4 Å². The van der Waals surface area contributed by atoms with E-state index in [0.29, 0.717) is 24.3 Å². The summed E-state index contributed by atoms with van der Waals surface area (Å²) in [7, 11) is 1.55. The van der Waals surface area contributed by atoms with Gasteiger partial charge in [0.05, 0.1) is 13.7 Å². The molecule has 1 fully saturated rings. The fourth-order valence-electron chi connectivity index (χ4n) is 3.74. The number of amides is 3. The second-order valence-electron chi connectivity index (χ2n) is 8.29. The van der Waals surface area contributed by atoms with E-state index in [0.717, 1.165) is 36.1 Å². The number of benzene rings is 1. The van der Waals surface area contributed by atoms with Crippen LogP contribution in [-0.2, 0) is 11.2 Å². The van der Waals surface area contributed by atoms with E-state index in [2.05, 4.69) is 18.8 Å². The highest BCUT2D eigenvalue weighted by molar-refractivity contribution is 6.06. The van der Waals surface area contributed by atoms with Crippen LogP contribution in [0.2, 0.25) is 0 Å². The number of hydrogen-bond acceptors (Lipinski definition) is 5. The molecule has 2 N–H and O–H groups in total. The fourth-order valence-corrected chi connectivity index (χ4v) is 3.74. The van der Waals surface area contributed by atoms with Crippen LogP contribution in [0.1, 0.15) is 57.9 Å². The molecule has 0 aliphatic carbocycles. The lowest BCUT2D eigenvalue weighted by molar-refractivity contribution is -0.132. The van der Waals surface area contributed by atoms with Crippen LogP contribution in [-0.4, -0.2) is 53.8 Å². The van der Waals surface area contributed by atoms with Crippen molar-refractivity contribution >= 4 is 11.9 Å². The van der Waals surface area contributed by atoms with Crippen LogP contribution < -0.4 is 14.8 Å². The van der Waals surface area contributed by atoms with Gasteiger partial charge in [-0.2, -0.15) is 0 Å². The van der Waals surface area contributed by atoms with Crippen molar-refractivity contribution in [3.8, 4) is 11.5 Å². The van der Waals surface area contributed by atoms with Gasteiger partial charge in [0, 0.05) is 0 Å². The number of methoxy groups -OCH3 is 1. The van der Waals surface area contributed by atoms with E-state index in [1.54, 1.807) is 26.2 Å². The summed E-state index contributed by atoms with van der Waals surface area (Å²) in [4.78, 5) is 26.3. The van der Waals surface area contributed by atoms with Crippen LogP contribution in [0.4, 0.5) is 4.79 Å². The zero-order valence-corrected chi connectivity index (χ0v) is 19.0. The molecule has 0 spiro atoms. The van der Waals surface area contributed by atoms with E-state index in [4.69, 9.17) is 9.47 Å². The summed E-state index contributed by atoms with van der Waals surface area (Å²) < 4.78 is 11.0. The molecular weight excluding hydrogens is 396 g/mol. The van der Waals surface area contributed by atoms with Crippen LogP contribution in [0.5, 0.6) is 11.5 Å². The van der Waals surface area contributed by atoms with E-state index >= 15 is 0 Å². The van der Waals surface area contributed by atoms with Crippen LogP contribution in [0.15, 0.2) is 30.9 Å². The quantitative estimate of drug-likeness (QED) is 0.265. The number of aliphatic hydroxyl groups excluding tert-OH is 1. The molecule has 0 saturated carbocycles. The predicted molar refractivity (Wildman–Crippen MR) is 120 cm³/mol. The second kappa shape index (κ2) is 11.7. The number of ether oxygens (including phenoxy) is 2. The fraction of sp³-hybridized carbons (Fsp3) is 0.583. The third kappa shape index (κ3) is 6.72. The molecule has 3 amide bonds. The molecule has 1 heterocycles. The first-order valence-corrected chi connectivity index (χ1v) is 11.1. The number of urea groups is 1. The normalized spacial score (nSPS) is 19.3. The number of nitrogens with zero attached hydrogens (tertiary/aromatic N) is 1. The molecule has 2 unspecified atom stereocenters. The molecule has 1 saturated heterocycles. The minimum atomic E-state index is -1.01. The minimum absolute atomic E-state index is 0.0675. The maximum absolute atomic E-state index is 12.8. The molecule has 0 bridgehead atoms. The molecule has 7 nitrogen and oxygen atoms in total. The molecule has 1 aliphatic heterocycles. The zero-order chi connectivity index (χ0) is 22.9. The number of aliphatic hydroxyl groups is 1. The Hall–Kier alpha value is -2.54. The SMILES string of the molecule is C=CCc1ccc(OCC(O)CN2C(=O)NC(C)(CCCCCCC)C2=O)c(OC)c1. The molecule has 1 aromatic rings. The van der Waals surface area contributed by atoms with Crippen LogP contribution in [0.3, 0.4) is 0 Å². The molecule has 31 heavy (non-hydrogen) atoms. The van der Waals surface area contributed by atoms with Gasteiger partial charge in [0.25, 0.3) is 5.91 Å². The molecule has 1 aromatic carbocycles. The second-order valence-corrected chi connectivity index (χ2v) is 8.29. The van der Waals surface area contributed by atoms with Gasteiger partial charge in [-0.3, -0.25) is 9.69 Å². The van der Waals surface area contributed by atoms with Gasteiger partial charge in [-0.15, -0.1) is 6.58 Å². The summed E-state index contributed by atoms with van der Waals surface area (Å²) in [6.45, 7) is 7.45. The van der Waals surface area contributed by atoms with Gasteiger partial charge in [-0.1, -0.05) is 51.2 Å². The van der Waals surface area contributed by atoms with E-state index < -0.39 is 17.7 Å². The third-order valence-corrected chi connectivity index (χ3v) is 5.56. The molecule has 7 heteroatoms. The summed E-state index contributed by atoms with van der Waals surface area (Å²) in [5.74, 6) is 0.749. The number of β-amino-alcohol motifs (C(OH)–C–C–N with tert-alkyl or cyclic N) is 1. The van der Waals surface area contributed by atoms with E-state index in [1.165, 1.54) is 6.42 Å². The average molecular weight is 433 g/mol. The van der Waals surface area contributed by atoms with Gasteiger partial charge in [-0.05, 0) is 37.5 Å². The van der Waals surface area contributed by atoms with Gasteiger partial charge in [-0.25, -0.2) is 4.79 Å². The van der Waals surface area contributed by atoms with Gasteiger partial charge < -0.3 is 19.9 Å². The summed E-state index contributed by atoms with van der Waals surface area (Å²) in [6, 6.07) is 5.06. The first-order chi connectivity index (χ1) is 14.8. The van der Waals surface area contributed by atoms with Crippen LogP contribution in [0.25, 0.3) is 0 Å². The highest BCUT2D eigenvalue weighted by Gasteiger charge is 2.47. The molecule has 2 atom stereocenters. The maximum Gasteiger partial charge on any atom is 0.325 e. The van der Waals surface area contributed by atoms with Crippen molar-refractivity contribution in [3.05, 3.63) is 36.4 Å². The number of allylic oxidation sites excluding steroid dienone is 1. The summed E-state index contributed by atoms with van der Waals surface area (Å²) in [5.41, 5.74) is 0.127. The molecule has 172 valence electrons. The number of imide groups is 1. The maximum atomic E-state index is 12.8. The highest BCUT2D eigenvalue weighted by atomic mass is 16.5. The lowest BCUT2D eigenvalue weighted by Crippen LogP contribution is -2.45. The Kier molecular flexibility index (Phi) is 9.37. The van der Waals surface area contributed by atoms with Crippen molar-refractivity contribution in [2.24, 2.45) is 0 Å². The number of carbonyl (C=O) groups excluding carboxylic acids is 2. The molecule has 2 rings (SSSR count). The van der Waals surface area contributed by atoms with Gasteiger partial charge in [0.2, 0.25) is 0 Å². The van der Waals surface area contributed by atoms with Crippen molar-refractivity contribution in [1.82, 2.24) is 10.2 Å². The predicted octanol–water partition coefficient (Wildman–Crippen LogP) is 3.83. The number of hydrogen-bond donors (Lipinski definition) is 2. The summed E-state index contributed by atoms with van der Waals surface area (Å²) in [6.07, 6.45) is 7.48. The minimum Gasteiger partial charge on any atom is -0.493 e. The molecule has 1 aliphatic rings. The standard InChI is InChI=1S/C24H36N2O5/c1-5-7-8-9-10-14-24(3)22(28)26(23(29)25-24)16-19(27)17-31-20-13-12-18(11-6-2)15-21(20)30-4/h6,12-13,15,19,27H,2,5,7-11,14,16-17H2,1,3-4H3,(H,25,29). The zero-order valence-electron chi connectivity index (χ0n) is 19.0. The summed E-state index contributed by atoms with van der Waals surface area (Å²) in [5, 5.41) is 13.2. The molecule has 0 radical (unpaired) electrons. The Morgan fingerprint density at radius 2 is 1.97 bits per heavy atom. The smallest absolute Gasteiger partial charge is 0.325 e. The summed E-state index contributed by atoms with van der Waals surface area (Å²) >= 11 is 0. The van der Waals surface area contributed by atoms with E-state index in [-0.39, 0.29) is 19.1 Å². The number of unbranched alkanes of at least 4 members (excludes halogenated alkanes) is 4.